The van der Waals surface area contributed by atoms with Crippen LogP contribution in [0.4, 0.5) is 29.5 Å². The molecule has 206 valence electrons. The van der Waals surface area contributed by atoms with Crippen LogP contribution in [0.3, 0.4) is 0 Å². The van der Waals surface area contributed by atoms with E-state index in [1.165, 1.54) is 30.7 Å². The fourth-order valence-corrected chi connectivity index (χ4v) is 4.87. The highest BCUT2D eigenvalue weighted by atomic mass is 32.1. The number of aliphatic carboxylic acids is 1. The Kier molecular flexibility index (Phi) is 7.88. The van der Waals surface area contributed by atoms with Crippen LogP contribution in [0, 0.1) is 5.92 Å². The Hall–Kier alpha value is -4.04. The van der Waals surface area contributed by atoms with Gasteiger partial charge in [-0.2, -0.15) is 13.2 Å². The third-order valence-corrected chi connectivity index (χ3v) is 6.58. The van der Waals surface area contributed by atoms with Crippen LogP contribution in [0.1, 0.15) is 38.1 Å². The minimum atomic E-state index is -4.66. The quantitative estimate of drug-likeness (QED) is 0.319. The number of carboxylic acid groups (broad SMARTS) is 1. The van der Waals surface area contributed by atoms with Crippen molar-refractivity contribution in [1.82, 2.24) is 20.3 Å². The number of nitrogens with one attached hydrogen (secondary N) is 2. The van der Waals surface area contributed by atoms with Crippen molar-refractivity contribution in [1.29, 1.82) is 0 Å². The molecule has 0 saturated carbocycles. The van der Waals surface area contributed by atoms with E-state index in [1.54, 1.807) is 11.8 Å². The van der Waals surface area contributed by atoms with E-state index < -0.39 is 30.0 Å². The molecule has 0 aliphatic carbocycles. The summed E-state index contributed by atoms with van der Waals surface area (Å²) in [7, 11) is 0. The number of carboxylic acids is 1. The summed E-state index contributed by atoms with van der Waals surface area (Å²) in [5, 5.41) is 26.5. The topological polar surface area (TPSA) is 141 Å². The number of nitrogens with zero attached hydrogens (tertiary/aromatic N) is 4. The number of carbonyl (C=O) groups is 2. The van der Waals surface area contributed by atoms with Crippen molar-refractivity contribution in [3.05, 3.63) is 52.9 Å². The lowest BCUT2D eigenvalue weighted by Crippen LogP contribution is -2.30. The molecule has 10 nitrogen and oxygen atoms in total. The van der Waals surface area contributed by atoms with Crippen molar-refractivity contribution in [3.63, 3.8) is 0 Å². The molecule has 0 bridgehead atoms. The lowest BCUT2D eigenvalue weighted by Gasteiger charge is -2.32. The van der Waals surface area contributed by atoms with Gasteiger partial charge in [0.25, 0.3) is 0 Å². The third-order valence-electron chi connectivity index (χ3n) is 5.70. The molecule has 2 amide bonds. The maximum atomic E-state index is 13.3. The second kappa shape index (κ2) is 11.0. The van der Waals surface area contributed by atoms with Crippen molar-refractivity contribution in [2.45, 2.75) is 33.1 Å². The molecule has 3 aromatic rings. The number of pyridine rings is 2. The molecule has 0 fully saturated rings. The number of aliphatic hydroxyl groups is 1. The molecule has 1 aliphatic heterocycles. The minimum Gasteiger partial charge on any atom is -0.478 e. The molecule has 4 rings (SSSR count). The Balaban J connectivity index is 1.84. The highest BCUT2D eigenvalue weighted by Crippen LogP contribution is 2.41. The van der Waals surface area contributed by atoms with Crippen LogP contribution in [-0.4, -0.2) is 50.3 Å². The number of fused-ring (bicyclic) bond motifs is 1. The standard InChI is InChI=1S/C25H25F3N6O4S/c1-4-29-24(38)33-20-6-13(22-32-19(11-39-22)25(26,27)28)15(7-31-20)17-5-14-18(8-30-17)34(9-12(2)3)10-16(21(14)35)23(36)37/h5-8,10-12,21,35H,4,9H2,1-3H3,(H,36,37)(H2,29,31,33,38). The number of aliphatic hydroxyl groups excluding tert-OH is 1. The van der Waals surface area contributed by atoms with Crippen molar-refractivity contribution < 1.29 is 33.0 Å². The molecule has 14 heteroatoms. The molecular formula is C25H25F3N6O4S. The first-order valence-corrected chi connectivity index (χ1v) is 12.7. The van der Waals surface area contributed by atoms with Crippen LogP contribution in [0.25, 0.3) is 21.8 Å². The van der Waals surface area contributed by atoms with Gasteiger partial charge in [0.1, 0.15) is 16.9 Å². The zero-order valence-electron chi connectivity index (χ0n) is 21.1. The van der Waals surface area contributed by atoms with Crippen LogP contribution in [-0.2, 0) is 11.0 Å². The Bertz CT molecular complexity index is 1440. The van der Waals surface area contributed by atoms with Gasteiger partial charge in [0.05, 0.1) is 23.2 Å². The summed E-state index contributed by atoms with van der Waals surface area (Å²) in [6, 6.07) is 2.32. The number of anilines is 2. The largest absolute Gasteiger partial charge is 0.478 e. The Morgan fingerprint density at radius 1 is 1.18 bits per heavy atom. The lowest BCUT2D eigenvalue weighted by molar-refractivity contribution is -0.140. The van der Waals surface area contributed by atoms with Crippen LogP contribution in [0.2, 0.25) is 0 Å². The molecular weight excluding hydrogens is 537 g/mol. The van der Waals surface area contributed by atoms with Crippen LogP contribution in [0.5, 0.6) is 0 Å². The minimum absolute atomic E-state index is 0.00583. The maximum absolute atomic E-state index is 13.3. The number of rotatable bonds is 7. The van der Waals surface area contributed by atoms with Crippen molar-refractivity contribution in [2.75, 3.05) is 23.3 Å². The number of carbonyl (C=O) groups excluding carboxylic acids is 1. The van der Waals surface area contributed by atoms with Gasteiger partial charge in [-0.05, 0) is 25.0 Å². The Morgan fingerprint density at radius 3 is 2.54 bits per heavy atom. The van der Waals surface area contributed by atoms with Crippen molar-refractivity contribution in [3.8, 4) is 21.8 Å². The van der Waals surface area contributed by atoms with Crippen LogP contribution in [0.15, 0.2) is 41.7 Å². The van der Waals surface area contributed by atoms with E-state index in [0.717, 1.165) is 16.7 Å². The first-order chi connectivity index (χ1) is 18.4. The van der Waals surface area contributed by atoms with E-state index in [-0.39, 0.29) is 44.7 Å². The average molecular weight is 563 g/mol. The van der Waals surface area contributed by atoms with Crippen molar-refractivity contribution in [2.24, 2.45) is 5.92 Å². The molecule has 3 aromatic heterocycles. The summed E-state index contributed by atoms with van der Waals surface area (Å²) >= 11 is 0.758. The Labute approximate surface area is 225 Å². The van der Waals surface area contributed by atoms with E-state index >= 15 is 0 Å². The summed E-state index contributed by atoms with van der Waals surface area (Å²) in [4.78, 5) is 38.0. The van der Waals surface area contributed by atoms with Gasteiger partial charge in [-0.1, -0.05) is 13.8 Å². The fourth-order valence-electron chi connectivity index (χ4n) is 4.02. The molecule has 39 heavy (non-hydrogen) atoms. The van der Waals surface area contributed by atoms with Gasteiger partial charge in [-0.15, -0.1) is 11.3 Å². The molecule has 4 N–H and O–H groups in total. The summed E-state index contributed by atoms with van der Waals surface area (Å²) in [5.74, 6) is -1.06. The molecule has 0 radical (unpaired) electrons. The highest BCUT2D eigenvalue weighted by Gasteiger charge is 2.35. The van der Waals surface area contributed by atoms with Gasteiger partial charge >= 0.3 is 18.2 Å². The predicted molar refractivity (Wildman–Crippen MR) is 139 cm³/mol. The molecule has 0 aromatic carbocycles. The zero-order chi connectivity index (χ0) is 28.5. The van der Waals surface area contributed by atoms with Crippen LogP contribution >= 0.6 is 11.3 Å². The summed E-state index contributed by atoms with van der Waals surface area (Å²) < 4.78 is 39.9. The lowest BCUT2D eigenvalue weighted by atomic mass is 9.94. The first kappa shape index (κ1) is 28.0. The highest BCUT2D eigenvalue weighted by molar-refractivity contribution is 7.13. The van der Waals surface area contributed by atoms with Crippen molar-refractivity contribution >= 4 is 34.8 Å². The van der Waals surface area contributed by atoms with E-state index in [4.69, 9.17) is 0 Å². The second-order valence-electron chi connectivity index (χ2n) is 9.10. The number of aromatic nitrogens is 3. The van der Waals surface area contributed by atoms with Crippen LogP contribution < -0.4 is 15.5 Å². The number of hydrogen-bond acceptors (Lipinski definition) is 8. The van der Waals surface area contributed by atoms with E-state index in [2.05, 4.69) is 25.6 Å². The SMILES string of the molecule is CCNC(=O)Nc1cc(-c2nc(C(F)(F)F)cs2)c(-c2cc3c(cn2)N(CC(C)C)C=C(C(=O)O)C3O)cn1. The average Bonchev–Trinajstić information content (AvgIpc) is 3.36. The van der Waals surface area contributed by atoms with Gasteiger partial charge < -0.3 is 20.4 Å². The summed E-state index contributed by atoms with van der Waals surface area (Å²) in [6.45, 7) is 6.44. The summed E-state index contributed by atoms with van der Waals surface area (Å²) in [6.07, 6.45) is -1.94. The second-order valence-corrected chi connectivity index (χ2v) is 9.96. The Morgan fingerprint density at radius 2 is 1.92 bits per heavy atom. The fraction of sp³-hybridized carbons (Fsp3) is 0.320. The predicted octanol–water partition coefficient (Wildman–Crippen LogP) is 4.91. The van der Waals surface area contributed by atoms with E-state index in [9.17, 15) is 33.0 Å². The first-order valence-electron chi connectivity index (χ1n) is 11.9. The van der Waals surface area contributed by atoms with Gasteiger partial charge in [-0.25, -0.2) is 19.6 Å². The summed E-state index contributed by atoms with van der Waals surface area (Å²) in [5.41, 5.74) is 0.181. The number of amides is 2. The van der Waals surface area contributed by atoms with E-state index in [1.807, 2.05) is 13.8 Å². The zero-order valence-corrected chi connectivity index (χ0v) is 21.9. The third kappa shape index (κ3) is 6.01. The van der Waals surface area contributed by atoms with E-state index in [0.29, 0.717) is 18.8 Å². The molecule has 1 atom stereocenters. The molecule has 1 aliphatic rings. The number of alkyl halides is 3. The molecule has 0 spiro atoms. The molecule has 1 unspecified atom stereocenters. The van der Waals surface area contributed by atoms with Gasteiger partial charge in [0.15, 0.2) is 5.69 Å². The van der Waals surface area contributed by atoms with Gasteiger partial charge in [-0.3, -0.25) is 10.3 Å². The number of urea groups is 1. The number of halogens is 3. The molecule has 4 heterocycles. The number of hydrogen-bond donors (Lipinski definition) is 4. The monoisotopic (exact) mass is 562 g/mol. The maximum Gasteiger partial charge on any atom is 0.434 e. The van der Waals surface area contributed by atoms with Gasteiger partial charge in [0.2, 0.25) is 0 Å². The number of thiazole rings is 1. The molecule has 0 saturated heterocycles. The van der Waals surface area contributed by atoms with Gasteiger partial charge in [0, 0.05) is 47.6 Å². The normalized spacial score (nSPS) is 15.1. The smallest absolute Gasteiger partial charge is 0.434 e.